The number of carbonyl (C=O) groups excluding carboxylic acids is 2. The molecule has 23 heavy (non-hydrogen) atoms. The summed E-state index contributed by atoms with van der Waals surface area (Å²) in [4.78, 5) is 24.1. The molecule has 0 unspecified atom stereocenters. The molecule has 0 radical (unpaired) electrons. The first-order valence-electron chi connectivity index (χ1n) is 8.95. The lowest BCUT2D eigenvalue weighted by Gasteiger charge is -2.29. The van der Waals surface area contributed by atoms with Crippen LogP contribution in [0.1, 0.15) is 58.3 Å². The molecule has 0 bridgehead atoms. The van der Waals surface area contributed by atoms with Crippen LogP contribution in [0, 0.1) is 5.92 Å². The molecule has 1 atom stereocenters. The van der Waals surface area contributed by atoms with Crippen molar-refractivity contribution in [1.29, 1.82) is 0 Å². The van der Waals surface area contributed by atoms with Gasteiger partial charge in [-0.25, -0.2) is 0 Å². The second-order valence-electron chi connectivity index (χ2n) is 7.72. The summed E-state index contributed by atoms with van der Waals surface area (Å²) < 4.78 is 11.4. The maximum absolute atomic E-state index is 12.2. The Kier molecular flexibility index (Phi) is 8.59. The number of esters is 2. The average molecular weight is 328 g/mol. The molecule has 0 amide bonds. The van der Waals surface area contributed by atoms with Crippen molar-refractivity contribution in [3.63, 3.8) is 0 Å². The molecule has 1 saturated carbocycles. The van der Waals surface area contributed by atoms with Crippen LogP contribution in [0.25, 0.3) is 0 Å². The molecule has 0 N–H and O–H groups in total. The molecule has 0 aromatic heterocycles. The third-order valence-corrected chi connectivity index (χ3v) is 4.09. The zero-order chi connectivity index (χ0) is 17.3. The van der Waals surface area contributed by atoms with Crippen molar-refractivity contribution in [3.05, 3.63) is 0 Å². The first kappa shape index (κ1) is 19.9. The number of hydrogen-bond acceptors (Lipinski definition) is 4. The largest absolute Gasteiger partial charge is 0.466 e. The van der Waals surface area contributed by atoms with Gasteiger partial charge in [-0.3, -0.25) is 9.59 Å². The van der Waals surface area contributed by atoms with Crippen LogP contribution in [0.15, 0.2) is 0 Å². The Hall–Kier alpha value is -1.10. The van der Waals surface area contributed by atoms with Crippen molar-refractivity contribution in [1.82, 2.24) is 0 Å². The Morgan fingerprint density at radius 1 is 1.09 bits per heavy atom. The van der Waals surface area contributed by atoms with E-state index in [1.165, 1.54) is 19.3 Å². The fourth-order valence-corrected chi connectivity index (χ4v) is 3.08. The molecule has 0 saturated heterocycles. The summed E-state index contributed by atoms with van der Waals surface area (Å²) in [7, 11) is 6.08. The van der Waals surface area contributed by atoms with Crippen LogP contribution in [-0.2, 0) is 19.1 Å². The van der Waals surface area contributed by atoms with Crippen molar-refractivity contribution in [2.45, 2.75) is 64.4 Å². The molecular formula is C18H34NO4+. The van der Waals surface area contributed by atoms with Gasteiger partial charge in [-0.15, -0.1) is 0 Å². The highest BCUT2D eigenvalue weighted by Gasteiger charge is 2.27. The number of hydrogen-bond donors (Lipinski definition) is 0. The molecule has 1 rings (SSSR count). The number of likely N-dealkylation sites (N-methyl/N-ethyl adjacent to an activating group) is 1. The Morgan fingerprint density at radius 2 is 1.74 bits per heavy atom. The van der Waals surface area contributed by atoms with E-state index in [4.69, 9.17) is 9.47 Å². The highest BCUT2D eigenvalue weighted by atomic mass is 16.6. The van der Waals surface area contributed by atoms with Gasteiger partial charge in [0, 0.05) is 6.42 Å². The smallest absolute Gasteiger partial charge is 0.309 e. The van der Waals surface area contributed by atoms with Gasteiger partial charge < -0.3 is 14.0 Å². The standard InChI is InChI=1S/C18H34NO4/c1-5-11-22-17(20)13-16(14-19(2,3)4)23-18(21)12-15-9-7-6-8-10-15/h15-16H,5-14H2,1-4H3/q+1/t16-/m1/s1. The summed E-state index contributed by atoms with van der Waals surface area (Å²) in [5.41, 5.74) is 0. The van der Waals surface area contributed by atoms with Gasteiger partial charge in [-0.2, -0.15) is 0 Å². The van der Waals surface area contributed by atoms with Crippen molar-refractivity contribution >= 4 is 11.9 Å². The van der Waals surface area contributed by atoms with E-state index in [9.17, 15) is 9.59 Å². The number of quaternary nitrogens is 1. The summed E-state index contributed by atoms with van der Waals surface area (Å²) in [6.45, 7) is 2.99. The number of nitrogens with zero attached hydrogens (tertiary/aromatic N) is 1. The quantitative estimate of drug-likeness (QED) is 0.482. The summed E-state index contributed by atoms with van der Waals surface area (Å²) in [6.07, 6.45) is 6.96. The molecule has 5 heteroatoms. The highest BCUT2D eigenvalue weighted by molar-refractivity contribution is 5.72. The minimum Gasteiger partial charge on any atom is -0.466 e. The molecule has 0 aromatic carbocycles. The minimum atomic E-state index is -0.407. The van der Waals surface area contributed by atoms with Crippen LogP contribution in [0.3, 0.4) is 0 Å². The van der Waals surface area contributed by atoms with Gasteiger partial charge in [0.15, 0.2) is 6.10 Å². The third kappa shape index (κ3) is 9.59. The first-order chi connectivity index (χ1) is 10.8. The van der Waals surface area contributed by atoms with Crippen molar-refractivity contribution in [2.24, 2.45) is 5.92 Å². The fourth-order valence-electron chi connectivity index (χ4n) is 3.08. The van der Waals surface area contributed by atoms with E-state index in [2.05, 4.69) is 0 Å². The highest BCUT2D eigenvalue weighted by Crippen LogP contribution is 2.26. The Morgan fingerprint density at radius 3 is 2.30 bits per heavy atom. The molecule has 0 aromatic rings. The van der Waals surface area contributed by atoms with Crippen LogP contribution in [-0.4, -0.2) is 56.8 Å². The van der Waals surface area contributed by atoms with Gasteiger partial charge in [0.1, 0.15) is 6.54 Å². The summed E-state index contributed by atoms with van der Waals surface area (Å²) >= 11 is 0. The van der Waals surface area contributed by atoms with Gasteiger partial charge in [-0.1, -0.05) is 26.2 Å². The lowest BCUT2D eigenvalue weighted by atomic mass is 9.87. The van der Waals surface area contributed by atoms with E-state index in [1.807, 2.05) is 28.1 Å². The van der Waals surface area contributed by atoms with Crippen LogP contribution < -0.4 is 0 Å². The molecule has 0 aliphatic heterocycles. The SMILES string of the molecule is CCCOC(=O)C[C@H](C[N+](C)(C)C)OC(=O)CC1CCCCC1. The van der Waals surface area contributed by atoms with E-state index in [-0.39, 0.29) is 18.4 Å². The second-order valence-corrected chi connectivity index (χ2v) is 7.72. The van der Waals surface area contributed by atoms with Crippen molar-refractivity contribution in [2.75, 3.05) is 34.3 Å². The molecule has 0 heterocycles. The second kappa shape index (κ2) is 9.91. The van der Waals surface area contributed by atoms with E-state index in [0.29, 0.717) is 30.0 Å². The lowest BCUT2D eigenvalue weighted by molar-refractivity contribution is -0.873. The number of rotatable bonds is 9. The minimum absolute atomic E-state index is 0.145. The molecule has 134 valence electrons. The molecule has 1 fully saturated rings. The van der Waals surface area contributed by atoms with Crippen LogP contribution in [0.2, 0.25) is 0 Å². The summed E-state index contributed by atoms with van der Waals surface area (Å²) in [5.74, 6) is 0.00229. The van der Waals surface area contributed by atoms with E-state index in [0.717, 1.165) is 19.3 Å². The number of ether oxygens (including phenoxy) is 2. The first-order valence-corrected chi connectivity index (χ1v) is 8.95. The van der Waals surface area contributed by atoms with Gasteiger partial charge in [0.2, 0.25) is 0 Å². The number of carbonyl (C=O) groups is 2. The molecule has 0 spiro atoms. The molecule has 1 aliphatic carbocycles. The zero-order valence-corrected chi connectivity index (χ0v) is 15.3. The van der Waals surface area contributed by atoms with E-state index < -0.39 is 6.10 Å². The molecule has 5 nitrogen and oxygen atoms in total. The summed E-state index contributed by atoms with van der Waals surface area (Å²) in [6, 6.07) is 0. The van der Waals surface area contributed by atoms with Crippen molar-refractivity contribution in [3.8, 4) is 0 Å². The molecule has 1 aliphatic rings. The van der Waals surface area contributed by atoms with Gasteiger partial charge in [0.25, 0.3) is 0 Å². The Bertz CT molecular complexity index is 370. The summed E-state index contributed by atoms with van der Waals surface area (Å²) in [5, 5.41) is 0. The Balaban J connectivity index is 2.49. The maximum atomic E-state index is 12.2. The van der Waals surface area contributed by atoms with Gasteiger partial charge in [-0.05, 0) is 25.2 Å². The molecular weight excluding hydrogens is 294 g/mol. The van der Waals surface area contributed by atoms with E-state index >= 15 is 0 Å². The zero-order valence-electron chi connectivity index (χ0n) is 15.3. The Labute approximate surface area is 140 Å². The topological polar surface area (TPSA) is 52.6 Å². The van der Waals surface area contributed by atoms with Crippen LogP contribution in [0.5, 0.6) is 0 Å². The van der Waals surface area contributed by atoms with Crippen LogP contribution >= 0.6 is 0 Å². The van der Waals surface area contributed by atoms with E-state index in [1.54, 1.807) is 0 Å². The predicted octanol–water partition coefficient (Wildman–Crippen LogP) is 2.92. The monoisotopic (exact) mass is 328 g/mol. The predicted molar refractivity (Wildman–Crippen MR) is 89.8 cm³/mol. The van der Waals surface area contributed by atoms with Crippen LogP contribution in [0.4, 0.5) is 0 Å². The van der Waals surface area contributed by atoms with Gasteiger partial charge in [0.05, 0.1) is 34.2 Å². The maximum Gasteiger partial charge on any atom is 0.309 e. The lowest BCUT2D eigenvalue weighted by Crippen LogP contribution is -2.44. The average Bonchev–Trinajstić information content (AvgIpc) is 2.44. The fraction of sp³-hybridized carbons (Fsp3) is 0.889. The van der Waals surface area contributed by atoms with Gasteiger partial charge >= 0.3 is 11.9 Å². The van der Waals surface area contributed by atoms with Crippen molar-refractivity contribution < 1.29 is 23.5 Å². The normalized spacial score (nSPS) is 17.6. The third-order valence-electron chi connectivity index (χ3n) is 4.09.